The predicted octanol–water partition coefficient (Wildman–Crippen LogP) is 2.06. The Morgan fingerprint density at radius 2 is 2.24 bits per heavy atom. The second-order valence-corrected chi connectivity index (χ2v) is 4.45. The molecule has 21 heavy (non-hydrogen) atoms. The van der Waals surface area contributed by atoms with Gasteiger partial charge in [-0.05, 0) is 18.2 Å². The molecule has 0 atom stereocenters. The van der Waals surface area contributed by atoms with E-state index in [2.05, 4.69) is 20.5 Å². The second kappa shape index (κ2) is 5.08. The first kappa shape index (κ1) is 12.9. The molecule has 0 bridgehead atoms. The van der Waals surface area contributed by atoms with Crippen LogP contribution >= 0.6 is 0 Å². The highest BCUT2D eigenvalue weighted by Gasteiger charge is 2.14. The molecule has 8 nitrogen and oxygen atoms in total. The van der Waals surface area contributed by atoms with Crippen LogP contribution in [0.4, 0.5) is 17.2 Å². The molecule has 0 aliphatic rings. The Balaban J connectivity index is 1.98. The Labute approximate surface area is 119 Å². The lowest BCUT2D eigenvalue weighted by Crippen LogP contribution is -2.03. The maximum atomic E-state index is 11.0. The number of hydrogen-bond acceptors (Lipinski definition) is 6. The van der Waals surface area contributed by atoms with E-state index in [1.54, 1.807) is 30.6 Å². The van der Waals surface area contributed by atoms with Gasteiger partial charge in [-0.15, -0.1) is 0 Å². The molecule has 4 N–H and O–H groups in total. The molecule has 2 heterocycles. The van der Waals surface area contributed by atoms with Crippen LogP contribution in [0.1, 0.15) is 5.56 Å². The highest BCUT2D eigenvalue weighted by molar-refractivity contribution is 5.96. The first-order valence-corrected chi connectivity index (χ1v) is 6.20. The summed E-state index contributed by atoms with van der Waals surface area (Å²) < 4.78 is 0. The van der Waals surface area contributed by atoms with E-state index in [0.29, 0.717) is 29.0 Å². The number of aromatic nitrogens is 3. The van der Waals surface area contributed by atoms with Crippen LogP contribution in [0.15, 0.2) is 36.7 Å². The molecule has 0 spiro atoms. The lowest BCUT2D eigenvalue weighted by atomic mass is 10.1. The van der Waals surface area contributed by atoms with Gasteiger partial charge in [-0.1, -0.05) is 0 Å². The summed E-state index contributed by atoms with van der Waals surface area (Å²) in [6.07, 6.45) is 3.23. The van der Waals surface area contributed by atoms with Gasteiger partial charge in [0, 0.05) is 24.4 Å². The molecular formula is C13H12N6O2. The zero-order chi connectivity index (χ0) is 14.8. The third kappa shape index (κ3) is 2.34. The number of hydrogen-bond donors (Lipinski definition) is 3. The largest absolute Gasteiger partial charge is 0.384 e. The number of nitrogens with one attached hydrogen (secondary N) is 2. The van der Waals surface area contributed by atoms with Gasteiger partial charge in [0.1, 0.15) is 11.3 Å². The summed E-state index contributed by atoms with van der Waals surface area (Å²) in [5.41, 5.74) is 7.82. The molecule has 0 aliphatic heterocycles. The van der Waals surface area contributed by atoms with Crippen molar-refractivity contribution >= 4 is 28.1 Å². The number of anilines is 2. The molecule has 0 fully saturated rings. The third-order valence-electron chi connectivity index (χ3n) is 3.16. The molecular weight excluding hydrogens is 272 g/mol. The number of nitrogen functional groups attached to an aromatic ring is 1. The highest BCUT2D eigenvalue weighted by atomic mass is 16.6. The molecule has 0 amide bonds. The number of nitro benzene ring substituents is 1. The van der Waals surface area contributed by atoms with Crippen LogP contribution in [0.2, 0.25) is 0 Å². The SMILES string of the molecule is Nc1[nH]ncc1CNc1ccc([N+](=O)[O-])c2cccnc12. The molecule has 8 heteroatoms. The number of fused-ring (bicyclic) bond motifs is 1. The van der Waals surface area contributed by atoms with Gasteiger partial charge in [0.05, 0.1) is 22.2 Å². The Hall–Kier alpha value is -3.16. The third-order valence-corrected chi connectivity index (χ3v) is 3.16. The molecule has 0 saturated carbocycles. The monoisotopic (exact) mass is 284 g/mol. The number of benzene rings is 1. The fourth-order valence-electron chi connectivity index (χ4n) is 2.11. The summed E-state index contributed by atoms with van der Waals surface area (Å²) in [5.74, 6) is 0.488. The van der Waals surface area contributed by atoms with E-state index >= 15 is 0 Å². The Bertz CT molecular complexity index is 813. The molecule has 0 radical (unpaired) electrons. The number of non-ortho nitro benzene ring substituents is 1. The normalized spacial score (nSPS) is 10.7. The van der Waals surface area contributed by atoms with Crippen LogP contribution in [0, 0.1) is 10.1 Å². The topological polar surface area (TPSA) is 123 Å². The summed E-state index contributed by atoms with van der Waals surface area (Å²) in [6.45, 7) is 0.450. The van der Waals surface area contributed by atoms with Gasteiger partial charge in [0.2, 0.25) is 0 Å². The summed E-state index contributed by atoms with van der Waals surface area (Å²) in [6, 6.07) is 6.46. The van der Waals surface area contributed by atoms with E-state index < -0.39 is 4.92 Å². The fraction of sp³-hybridized carbons (Fsp3) is 0.0769. The van der Waals surface area contributed by atoms with Crippen LogP contribution in [0.5, 0.6) is 0 Å². The molecule has 0 unspecified atom stereocenters. The van der Waals surface area contributed by atoms with Gasteiger partial charge in [-0.2, -0.15) is 5.10 Å². The van der Waals surface area contributed by atoms with Crippen molar-refractivity contribution < 1.29 is 4.92 Å². The van der Waals surface area contributed by atoms with Crippen molar-refractivity contribution in [1.29, 1.82) is 0 Å². The van der Waals surface area contributed by atoms with E-state index in [0.717, 1.165) is 5.56 Å². The van der Waals surface area contributed by atoms with Crippen LogP contribution in [-0.2, 0) is 6.54 Å². The van der Waals surface area contributed by atoms with Gasteiger partial charge in [-0.25, -0.2) is 0 Å². The van der Waals surface area contributed by atoms with Crippen molar-refractivity contribution in [2.24, 2.45) is 0 Å². The van der Waals surface area contributed by atoms with E-state index in [1.807, 2.05) is 0 Å². The number of nitrogens with two attached hydrogens (primary N) is 1. The van der Waals surface area contributed by atoms with Crippen molar-refractivity contribution in [1.82, 2.24) is 15.2 Å². The quantitative estimate of drug-likeness (QED) is 0.497. The van der Waals surface area contributed by atoms with Gasteiger partial charge in [0.25, 0.3) is 5.69 Å². The van der Waals surface area contributed by atoms with Crippen molar-refractivity contribution in [2.75, 3.05) is 11.1 Å². The number of nitro groups is 1. The fourth-order valence-corrected chi connectivity index (χ4v) is 2.11. The highest BCUT2D eigenvalue weighted by Crippen LogP contribution is 2.30. The van der Waals surface area contributed by atoms with Gasteiger partial charge >= 0.3 is 0 Å². The average Bonchev–Trinajstić information content (AvgIpc) is 2.89. The summed E-state index contributed by atoms with van der Waals surface area (Å²) in [7, 11) is 0. The van der Waals surface area contributed by atoms with Crippen LogP contribution < -0.4 is 11.1 Å². The van der Waals surface area contributed by atoms with Crippen LogP contribution in [-0.4, -0.2) is 20.1 Å². The van der Waals surface area contributed by atoms with E-state index in [-0.39, 0.29) is 5.69 Å². The Morgan fingerprint density at radius 1 is 1.38 bits per heavy atom. The predicted molar refractivity (Wildman–Crippen MR) is 78.7 cm³/mol. The first-order chi connectivity index (χ1) is 10.2. The molecule has 3 rings (SSSR count). The van der Waals surface area contributed by atoms with E-state index in [1.165, 1.54) is 6.07 Å². The molecule has 2 aromatic heterocycles. The van der Waals surface area contributed by atoms with Crippen LogP contribution in [0.3, 0.4) is 0 Å². The second-order valence-electron chi connectivity index (χ2n) is 4.45. The van der Waals surface area contributed by atoms with Crippen molar-refractivity contribution in [3.63, 3.8) is 0 Å². The molecule has 0 saturated heterocycles. The molecule has 106 valence electrons. The zero-order valence-corrected chi connectivity index (χ0v) is 10.9. The van der Waals surface area contributed by atoms with Gasteiger partial charge < -0.3 is 11.1 Å². The zero-order valence-electron chi connectivity index (χ0n) is 10.9. The number of H-pyrrole nitrogens is 1. The van der Waals surface area contributed by atoms with Crippen LogP contribution in [0.25, 0.3) is 10.9 Å². The minimum atomic E-state index is -0.415. The summed E-state index contributed by atoms with van der Waals surface area (Å²) >= 11 is 0. The van der Waals surface area contributed by atoms with Crippen molar-refractivity contribution in [3.05, 3.63) is 52.3 Å². The van der Waals surface area contributed by atoms with Crippen molar-refractivity contribution in [3.8, 4) is 0 Å². The molecule has 1 aromatic carbocycles. The summed E-state index contributed by atoms with van der Waals surface area (Å²) in [4.78, 5) is 14.9. The lowest BCUT2D eigenvalue weighted by molar-refractivity contribution is -0.383. The Kier molecular flexibility index (Phi) is 3.11. The minimum absolute atomic E-state index is 0.0338. The first-order valence-electron chi connectivity index (χ1n) is 6.20. The number of pyridine rings is 1. The standard InChI is InChI=1S/C13H12N6O2/c14-13-8(7-17-18-13)6-16-10-3-4-11(19(20)21)9-2-1-5-15-12(9)10/h1-5,7,16H,6H2,(H3,14,17,18). The maximum Gasteiger partial charge on any atom is 0.278 e. The lowest BCUT2D eigenvalue weighted by Gasteiger charge is -2.08. The number of nitrogens with zero attached hydrogens (tertiary/aromatic N) is 3. The van der Waals surface area contributed by atoms with Gasteiger partial charge in [0.15, 0.2) is 0 Å². The van der Waals surface area contributed by atoms with Gasteiger partial charge in [-0.3, -0.25) is 20.2 Å². The maximum absolute atomic E-state index is 11.0. The smallest absolute Gasteiger partial charge is 0.278 e. The average molecular weight is 284 g/mol. The molecule has 0 aliphatic carbocycles. The minimum Gasteiger partial charge on any atom is -0.384 e. The van der Waals surface area contributed by atoms with Crippen molar-refractivity contribution in [2.45, 2.75) is 6.54 Å². The number of aromatic amines is 1. The number of rotatable bonds is 4. The van der Waals surface area contributed by atoms with E-state index in [4.69, 9.17) is 5.73 Å². The summed E-state index contributed by atoms with van der Waals surface area (Å²) in [5, 5.41) is 21.2. The van der Waals surface area contributed by atoms with E-state index in [9.17, 15) is 10.1 Å². The molecule has 3 aromatic rings. The Morgan fingerprint density at radius 3 is 2.95 bits per heavy atom.